The molecule has 0 saturated carbocycles. The number of nitrogens with one attached hydrogen (secondary N) is 2. The maximum absolute atomic E-state index is 12.6. The van der Waals surface area contributed by atoms with E-state index in [1.165, 1.54) is 6.92 Å². The molecule has 2 rings (SSSR count). The lowest BCUT2D eigenvalue weighted by molar-refractivity contribution is -0.131. The zero-order chi connectivity index (χ0) is 18.2. The molecule has 3 amide bonds. The van der Waals surface area contributed by atoms with Crippen LogP contribution >= 0.6 is 0 Å². The van der Waals surface area contributed by atoms with Crippen LogP contribution in [0.15, 0.2) is 0 Å². The predicted octanol–water partition coefficient (Wildman–Crippen LogP) is 2.13. The zero-order valence-corrected chi connectivity index (χ0v) is 14.7. The first-order chi connectivity index (χ1) is 11.2. The van der Waals surface area contributed by atoms with Crippen molar-refractivity contribution in [2.45, 2.75) is 53.0 Å². The van der Waals surface area contributed by atoms with E-state index >= 15 is 0 Å². The molecule has 0 aromatic carbocycles. The van der Waals surface area contributed by atoms with Gasteiger partial charge in [-0.1, -0.05) is 13.8 Å². The lowest BCUT2D eigenvalue weighted by Crippen LogP contribution is -2.46. The van der Waals surface area contributed by atoms with Crippen molar-refractivity contribution in [3.8, 4) is 0 Å². The number of nitrogens with zero attached hydrogens (tertiary/aromatic N) is 1. The van der Waals surface area contributed by atoms with E-state index in [0.717, 1.165) is 4.90 Å². The third kappa shape index (κ3) is 2.64. The summed E-state index contributed by atoms with van der Waals surface area (Å²) >= 11 is 0. The fourth-order valence-corrected chi connectivity index (χ4v) is 3.33. The molecule has 7 nitrogen and oxygen atoms in total. The van der Waals surface area contributed by atoms with E-state index in [-0.39, 0.29) is 23.9 Å². The van der Waals surface area contributed by atoms with Crippen molar-refractivity contribution < 1.29 is 19.2 Å². The number of rotatable bonds is 6. The van der Waals surface area contributed by atoms with Crippen LogP contribution in [-0.4, -0.2) is 45.5 Å². The van der Waals surface area contributed by atoms with Gasteiger partial charge in [0.25, 0.3) is 5.91 Å². The highest BCUT2D eigenvalue weighted by Crippen LogP contribution is 2.26. The first-order valence-electron chi connectivity index (χ1n) is 8.05. The monoisotopic (exact) mass is 333 g/mol. The fraction of sp³-hybridized carbons (Fsp3) is 0.529. The second-order valence-electron chi connectivity index (χ2n) is 6.22. The second kappa shape index (κ2) is 6.22. The Morgan fingerprint density at radius 3 is 2.12 bits per heavy atom. The van der Waals surface area contributed by atoms with Crippen LogP contribution in [0, 0.1) is 13.8 Å². The number of hydrogen-bond acceptors (Lipinski definition) is 4. The van der Waals surface area contributed by atoms with E-state index < -0.39 is 17.4 Å². The molecule has 0 atom stereocenters. The maximum atomic E-state index is 12.6. The molecule has 2 N–H and O–H groups in total. The molecule has 1 aromatic rings. The number of aromatic amines is 1. The van der Waals surface area contributed by atoms with Crippen LogP contribution in [0.4, 0.5) is 4.79 Å². The van der Waals surface area contributed by atoms with Gasteiger partial charge in [-0.15, -0.1) is 0 Å². The standard InChI is InChI=1S/C17H23N3O4/c1-6-17(7-2)15(23)20(16(24)19-17)8-12(22)14-9(3)13(11(5)21)10(4)18-14/h18H,6-8H2,1-5H3,(H,19,24). The summed E-state index contributed by atoms with van der Waals surface area (Å²) in [4.78, 5) is 52.8. The average molecular weight is 333 g/mol. The van der Waals surface area contributed by atoms with Gasteiger partial charge < -0.3 is 10.3 Å². The molecule has 1 aliphatic heterocycles. The van der Waals surface area contributed by atoms with Crippen LogP contribution in [0.5, 0.6) is 0 Å². The number of H-pyrrole nitrogens is 1. The molecule has 1 saturated heterocycles. The van der Waals surface area contributed by atoms with Gasteiger partial charge in [0.2, 0.25) is 0 Å². The third-order valence-electron chi connectivity index (χ3n) is 4.82. The van der Waals surface area contributed by atoms with E-state index in [1.807, 2.05) is 13.8 Å². The Labute approximate surface area is 140 Å². The Hall–Kier alpha value is -2.44. The summed E-state index contributed by atoms with van der Waals surface area (Å²) in [5.41, 5.74) is 0.977. The minimum absolute atomic E-state index is 0.133. The molecule has 24 heavy (non-hydrogen) atoms. The van der Waals surface area contributed by atoms with Gasteiger partial charge in [0.05, 0.1) is 12.2 Å². The molecular formula is C17H23N3O4. The number of imide groups is 1. The number of aryl methyl sites for hydroxylation is 1. The number of Topliss-reactive ketones (excluding diaryl/α,β-unsaturated/α-hetero) is 2. The van der Waals surface area contributed by atoms with Crippen molar-refractivity contribution in [1.29, 1.82) is 0 Å². The van der Waals surface area contributed by atoms with Crippen molar-refractivity contribution in [2.24, 2.45) is 0 Å². The Morgan fingerprint density at radius 2 is 1.71 bits per heavy atom. The normalized spacial score (nSPS) is 16.5. The lowest BCUT2D eigenvalue weighted by atomic mass is 9.93. The summed E-state index contributed by atoms with van der Waals surface area (Å²) in [6.45, 7) is 8.14. The van der Waals surface area contributed by atoms with Gasteiger partial charge in [-0.3, -0.25) is 19.3 Å². The van der Waals surface area contributed by atoms with Gasteiger partial charge in [-0.25, -0.2) is 4.79 Å². The molecule has 130 valence electrons. The molecule has 2 heterocycles. The molecule has 0 bridgehead atoms. The van der Waals surface area contributed by atoms with Gasteiger partial charge in [-0.05, 0) is 39.2 Å². The number of hydrogen-bond donors (Lipinski definition) is 2. The van der Waals surface area contributed by atoms with E-state index in [1.54, 1.807) is 13.8 Å². The van der Waals surface area contributed by atoms with E-state index in [4.69, 9.17) is 0 Å². The first-order valence-corrected chi connectivity index (χ1v) is 8.05. The number of carbonyl (C=O) groups excluding carboxylic acids is 4. The second-order valence-corrected chi connectivity index (χ2v) is 6.22. The van der Waals surface area contributed by atoms with Gasteiger partial charge in [0.15, 0.2) is 11.6 Å². The van der Waals surface area contributed by atoms with Crippen LogP contribution in [0.1, 0.15) is 65.7 Å². The van der Waals surface area contributed by atoms with Crippen LogP contribution < -0.4 is 5.32 Å². The molecule has 0 unspecified atom stereocenters. The Bertz CT molecular complexity index is 728. The highest BCUT2D eigenvalue weighted by atomic mass is 16.2. The molecule has 0 spiro atoms. The number of aromatic nitrogens is 1. The minimum Gasteiger partial charge on any atom is -0.355 e. The van der Waals surface area contributed by atoms with Crippen LogP contribution in [0.2, 0.25) is 0 Å². The zero-order valence-electron chi connectivity index (χ0n) is 14.7. The molecule has 7 heteroatoms. The highest BCUT2D eigenvalue weighted by molar-refractivity contribution is 6.11. The van der Waals surface area contributed by atoms with Gasteiger partial charge in [-0.2, -0.15) is 0 Å². The molecular weight excluding hydrogens is 310 g/mol. The SMILES string of the molecule is CCC1(CC)NC(=O)N(CC(=O)c2[nH]c(C)c(C(C)=O)c2C)C1=O. The van der Waals surface area contributed by atoms with E-state index in [2.05, 4.69) is 10.3 Å². The summed E-state index contributed by atoms with van der Waals surface area (Å²) in [5, 5.41) is 2.69. The summed E-state index contributed by atoms with van der Waals surface area (Å²) in [7, 11) is 0. The number of ketones is 2. The number of urea groups is 1. The average Bonchev–Trinajstić information content (AvgIpc) is 2.95. The number of carbonyl (C=O) groups is 4. The maximum Gasteiger partial charge on any atom is 0.325 e. The van der Waals surface area contributed by atoms with Crippen molar-refractivity contribution in [1.82, 2.24) is 15.2 Å². The Kier molecular flexibility index (Phi) is 4.64. The van der Waals surface area contributed by atoms with Crippen LogP contribution in [0.3, 0.4) is 0 Å². The van der Waals surface area contributed by atoms with Crippen molar-refractivity contribution >= 4 is 23.5 Å². The summed E-state index contributed by atoms with van der Waals surface area (Å²) in [6, 6.07) is -0.551. The summed E-state index contributed by atoms with van der Waals surface area (Å²) in [5.74, 6) is -0.903. The van der Waals surface area contributed by atoms with Crippen LogP contribution in [-0.2, 0) is 4.79 Å². The molecule has 1 aromatic heterocycles. The molecule has 1 fully saturated rings. The lowest BCUT2D eigenvalue weighted by Gasteiger charge is -2.22. The van der Waals surface area contributed by atoms with Crippen molar-refractivity contribution in [3.05, 3.63) is 22.5 Å². The molecule has 0 aliphatic carbocycles. The largest absolute Gasteiger partial charge is 0.355 e. The van der Waals surface area contributed by atoms with E-state index in [0.29, 0.717) is 29.7 Å². The highest BCUT2D eigenvalue weighted by Gasteiger charge is 2.49. The third-order valence-corrected chi connectivity index (χ3v) is 4.82. The smallest absolute Gasteiger partial charge is 0.325 e. The predicted molar refractivity (Wildman–Crippen MR) is 88.2 cm³/mol. The van der Waals surface area contributed by atoms with Crippen molar-refractivity contribution in [3.63, 3.8) is 0 Å². The van der Waals surface area contributed by atoms with Crippen molar-refractivity contribution in [2.75, 3.05) is 6.54 Å². The quantitative estimate of drug-likeness (QED) is 0.615. The Morgan fingerprint density at radius 1 is 1.12 bits per heavy atom. The van der Waals surface area contributed by atoms with Gasteiger partial charge in [0.1, 0.15) is 5.54 Å². The van der Waals surface area contributed by atoms with Gasteiger partial charge in [0, 0.05) is 11.3 Å². The molecule has 0 radical (unpaired) electrons. The van der Waals surface area contributed by atoms with Gasteiger partial charge >= 0.3 is 6.03 Å². The summed E-state index contributed by atoms with van der Waals surface area (Å²) < 4.78 is 0. The summed E-state index contributed by atoms with van der Waals surface area (Å²) in [6.07, 6.45) is 0.932. The number of amides is 3. The fourth-order valence-electron chi connectivity index (χ4n) is 3.33. The van der Waals surface area contributed by atoms with Crippen LogP contribution in [0.25, 0.3) is 0 Å². The first kappa shape index (κ1) is 17.9. The Balaban J connectivity index is 2.28. The molecule has 1 aliphatic rings. The minimum atomic E-state index is -0.928. The van der Waals surface area contributed by atoms with E-state index in [9.17, 15) is 19.2 Å². The topological polar surface area (TPSA) is 99.3 Å².